The predicted octanol–water partition coefficient (Wildman–Crippen LogP) is 0.590. The molecule has 2 aliphatic rings. The van der Waals surface area contributed by atoms with Crippen LogP contribution in [-0.2, 0) is 19.1 Å². The number of urea groups is 1. The van der Waals surface area contributed by atoms with Crippen molar-refractivity contribution < 1.29 is 33.4 Å². The second-order valence-corrected chi connectivity index (χ2v) is 6.65. The summed E-state index contributed by atoms with van der Waals surface area (Å²) in [5.41, 5.74) is 0.597. The third-order valence-corrected chi connectivity index (χ3v) is 4.43. The topological polar surface area (TPSA) is 123 Å². The monoisotopic (exact) mass is 405 g/mol. The summed E-state index contributed by atoms with van der Waals surface area (Å²) >= 11 is 0. The zero-order chi connectivity index (χ0) is 20.8. The molecule has 2 heterocycles. The van der Waals surface area contributed by atoms with E-state index in [1.807, 2.05) is 6.92 Å². The number of nitrogens with zero attached hydrogens (tertiary/aromatic N) is 1. The van der Waals surface area contributed by atoms with Crippen molar-refractivity contribution in [2.75, 3.05) is 37.8 Å². The van der Waals surface area contributed by atoms with Crippen LogP contribution in [0.3, 0.4) is 0 Å². The molecule has 156 valence electrons. The second kappa shape index (κ2) is 9.26. The molecule has 2 N–H and O–H groups in total. The van der Waals surface area contributed by atoms with Crippen molar-refractivity contribution in [2.45, 2.75) is 19.8 Å². The first-order valence-electron chi connectivity index (χ1n) is 9.42. The highest BCUT2D eigenvalue weighted by Crippen LogP contribution is 2.36. The molecule has 0 saturated carbocycles. The Bertz CT molecular complexity index is 811. The van der Waals surface area contributed by atoms with Gasteiger partial charge >= 0.3 is 12.0 Å². The molecule has 0 spiro atoms. The van der Waals surface area contributed by atoms with Crippen LogP contribution in [0.4, 0.5) is 10.5 Å². The first-order chi connectivity index (χ1) is 14.0. The van der Waals surface area contributed by atoms with E-state index in [9.17, 15) is 19.2 Å². The fraction of sp³-hybridized carbons (Fsp3) is 0.474. The third-order valence-electron chi connectivity index (χ3n) is 4.43. The Balaban J connectivity index is 1.51. The van der Waals surface area contributed by atoms with E-state index in [2.05, 4.69) is 10.6 Å². The molecule has 0 unspecified atom stereocenters. The van der Waals surface area contributed by atoms with Crippen LogP contribution in [0.25, 0.3) is 0 Å². The number of nitrogens with one attached hydrogen (secondary N) is 2. The Morgan fingerprint density at radius 1 is 1.21 bits per heavy atom. The lowest BCUT2D eigenvalue weighted by atomic mass is 10.1. The molecular weight excluding hydrogens is 382 g/mol. The molecule has 0 radical (unpaired) electrons. The van der Waals surface area contributed by atoms with Gasteiger partial charge in [-0.2, -0.15) is 0 Å². The number of fused-ring (bicyclic) bond motifs is 1. The van der Waals surface area contributed by atoms with Crippen molar-refractivity contribution in [1.82, 2.24) is 10.6 Å². The van der Waals surface area contributed by atoms with E-state index in [1.54, 1.807) is 18.2 Å². The number of hydrogen-bond acceptors (Lipinski definition) is 7. The minimum absolute atomic E-state index is 0.0219. The highest BCUT2D eigenvalue weighted by molar-refractivity contribution is 6.00. The highest BCUT2D eigenvalue weighted by atomic mass is 16.6. The number of carbonyl (C=O) groups excluding carboxylic acids is 4. The van der Waals surface area contributed by atoms with Gasteiger partial charge in [0.05, 0.1) is 5.92 Å². The smallest absolute Gasteiger partial charge is 0.321 e. The van der Waals surface area contributed by atoms with Crippen molar-refractivity contribution in [1.29, 1.82) is 0 Å². The van der Waals surface area contributed by atoms with Gasteiger partial charge in [-0.15, -0.1) is 0 Å². The summed E-state index contributed by atoms with van der Waals surface area (Å²) in [7, 11) is 0. The number of ether oxygens (including phenoxy) is 3. The summed E-state index contributed by atoms with van der Waals surface area (Å²) in [6, 6.07) is 4.49. The molecular formula is C19H23N3O7. The summed E-state index contributed by atoms with van der Waals surface area (Å²) in [6.07, 6.45) is 0.706. The number of benzene rings is 1. The minimum atomic E-state index is -0.736. The van der Waals surface area contributed by atoms with Crippen LogP contribution in [0.1, 0.15) is 19.8 Å². The van der Waals surface area contributed by atoms with Gasteiger partial charge in [0.15, 0.2) is 18.1 Å². The molecule has 10 nitrogen and oxygen atoms in total. The van der Waals surface area contributed by atoms with Gasteiger partial charge in [-0.3, -0.25) is 19.7 Å². The van der Waals surface area contributed by atoms with Gasteiger partial charge in [0, 0.05) is 31.3 Å². The van der Waals surface area contributed by atoms with Gasteiger partial charge in [0.25, 0.3) is 5.91 Å². The SMILES string of the molecule is CCCNC(=O)NC(=O)COC(=O)[C@@H]1CC(=O)N(c2ccc3c(c2)OCCO3)C1. The number of anilines is 1. The average Bonchev–Trinajstić information content (AvgIpc) is 3.11. The van der Waals surface area contributed by atoms with Gasteiger partial charge in [-0.25, -0.2) is 4.79 Å². The molecule has 10 heteroatoms. The summed E-state index contributed by atoms with van der Waals surface area (Å²) in [6.45, 7) is 2.75. The summed E-state index contributed by atoms with van der Waals surface area (Å²) in [4.78, 5) is 49.1. The molecule has 4 amide bonds. The summed E-state index contributed by atoms with van der Waals surface area (Å²) in [5.74, 6) is -1.17. The molecule has 1 aromatic carbocycles. The molecule has 1 aromatic rings. The highest BCUT2D eigenvalue weighted by Gasteiger charge is 2.36. The van der Waals surface area contributed by atoms with Gasteiger partial charge in [-0.1, -0.05) is 6.92 Å². The van der Waals surface area contributed by atoms with E-state index < -0.39 is 30.4 Å². The second-order valence-electron chi connectivity index (χ2n) is 6.65. The fourth-order valence-corrected chi connectivity index (χ4v) is 3.01. The first-order valence-corrected chi connectivity index (χ1v) is 9.42. The first kappa shape index (κ1) is 20.4. The lowest BCUT2D eigenvalue weighted by molar-refractivity contribution is -0.152. The fourth-order valence-electron chi connectivity index (χ4n) is 3.01. The van der Waals surface area contributed by atoms with Gasteiger partial charge in [-0.05, 0) is 18.6 Å². The Morgan fingerprint density at radius 3 is 2.72 bits per heavy atom. The number of imide groups is 1. The van der Waals surface area contributed by atoms with Crippen LogP contribution >= 0.6 is 0 Å². The number of carbonyl (C=O) groups is 4. The zero-order valence-electron chi connectivity index (χ0n) is 16.1. The number of hydrogen-bond donors (Lipinski definition) is 2. The van der Waals surface area contributed by atoms with Gasteiger partial charge in [0.2, 0.25) is 5.91 Å². The summed E-state index contributed by atoms with van der Waals surface area (Å²) < 4.78 is 15.9. The van der Waals surface area contributed by atoms with Crippen molar-refractivity contribution in [3.05, 3.63) is 18.2 Å². The Morgan fingerprint density at radius 2 is 1.97 bits per heavy atom. The zero-order valence-corrected chi connectivity index (χ0v) is 16.1. The minimum Gasteiger partial charge on any atom is -0.486 e. The quantitative estimate of drug-likeness (QED) is 0.664. The molecule has 1 atom stereocenters. The standard InChI is InChI=1S/C19H23N3O7/c1-2-5-20-19(26)21-16(23)11-29-18(25)12-8-17(24)22(10-12)13-3-4-14-15(9-13)28-7-6-27-14/h3-4,9,12H,2,5-8,10-11H2,1H3,(H2,20,21,23,26)/t12-/m1/s1. The van der Waals surface area contributed by atoms with E-state index in [0.717, 1.165) is 6.42 Å². The summed E-state index contributed by atoms with van der Waals surface area (Å²) in [5, 5.41) is 4.54. The molecule has 1 fully saturated rings. The van der Waals surface area contributed by atoms with Crippen molar-refractivity contribution in [2.24, 2.45) is 5.92 Å². The molecule has 0 aromatic heterocycles. The van der Waals surface area contributed by atoms with E-state index >= 15 is 0 Å². The maximum Gasteiger partial charge on any atom is 0.321 e. The van der Waals surface area contributed by atoms with Crippen LogP contribution in [-0.4, -0.2) is 56.7 Å². The lowest BCUT2D eigenvalue weighted by Gasteiger charge is -2.22. The Hall–Kier alpha value is -3.30. The Kier molecular flexibility index (Phi) is 6.53. The molecule has 0 bridgehead atoms. The van der Waals surface area contributed by atoms with Gasteiger partial charge < -0.3 is 24.4 Å². The Labute approximate surface area is 167 Å². The van der Waals surface area contributed by atoms with Crippen LogP contribution in [0, 0.1) is 5.92 Å². The van der Waals surface area contributed by atoms with Crippen molar-refractivity contribution in [3.8, 4) is 11.5 Å². The normalized spacial score (nSPS) is 17.6. The predicted molar refractivity (Wildman–Crippen MR) is 101 cm³/mol. The van der Waals surface area contributed by atoms with E-state index in [-0.39, 0.29) is 18.9 Å². The number of esters is 1. The van der Waals surface area contributed by atoms with Crippen LogP contribution in [0.5, 0.6) is 11.5 Å². The van der Waals surface area contributed by atoms with Crippen LogP contribution < -0.4 is 25.0 Å². The van der Waals surface area contributed by atoms with Crippen LogP contribution in [0.2, 0.25) is 0 Å². The molecule has 1 saturated heterocycles. The third kappa shape index (κ3) is 5.15. The lowest BCUT2D eigenvalue weighted by Crippen LogP contribution is -2.42. The van der Waals surface area contributed by atoms with Crippen LogP contribution in [0.15, 0.2) is 18.2 Å². The molecule has 29 heavy (non-hydrogen) atoms. The maximum atomic E-state index is 12.4. The molecule has 0 aliphatic carbocycles. The average molecular weight is 405 g/mol. The molecule has 2 aliphatic heterocycles. The van der Waals surface area contributed by atoms with E-state index in [0.29, 0.717) is 36.9 Å². The largest absolute Gasteiger partial charge is 0.486 e. The maximum absolute atomic E-state index is 12.4. The van der Waals surface area contributed by atoms with Gasteiger partial charge in [0.1, 0.15) is 13.2 Å². The van der Waals surface area contributed by atoms with Crippen molar-refractivity contribution in [3.63, 3.8) is 0 Å². The number of amides is 4. The van der Waals surface area contributed by atoms with E-state index in [4.69, 9.17) is 14.2 Å². The number of rotatable bonds is 6. The van der Waals surface area contributed by atoms with Crippen molar-refractivity contribution >= 4 is 29.5 Å². The van der Waals surface area contributed by atoms with E-state index in [1.165, 1.54) is 4.90 Å². The molecule has 3 rings (SSSR count).